The van der Waals surface area contributed by atoms with E-state index in [1.807, 2.05) is 30.1 Å². The van der Waals surface area contributed by atoms with Crippen LogP contribution in [0.25, 0.3) is 0 Å². The number of rotatable bonds is 2. The van der Waals surface area contributed by atoms with Crippen molar-refractivity contribution in [2.24, 2.45) is 12.5 Å². The molecule has 1 atom stereocenters. The largest absolute Gasteiger partial charge is 0.389 e. The van der Waals surface area contributed by atoms with Gasteiger partial charge >= 0.3 is 0 Å². The molecule has 3 heteroatoms. The van der Waals surface area contributed by atoms with Gasteiger partial charge in [-0.3, -0.25) is 4.68 Å². The number of allylic oxidation sites excluding steroid dienone is 1. The summed E-state index contributed by atoms with van der Waals surface area (Å²) in [5, 5.41) is 14.2. The van der Waals surface area contributed by atoms with Crippen molar-refractivity contribution < 1.29 is 5.11 Å². The Morgan fingerprint density at radius 1 is 1.56 bits per heavy atom. The average molecular weight is 220 g/mol. The Morgan fingerprint density at radius 2 is 2.31 bits per heavy atom. The van der Waals surface area contributed by atoms with Crippen LogP contribution in [0.15, 0.2) is 23.9 Å². The van der Waals surface area contributed by atoms with E-state index in [1.54, 1.807) is 0 Å². The maximum absolute atomic E-state index is 9.80. The molecule has 16 heavy (non-hydrogen) atoms. The van der Waals surface area contributed by atoms with E-state index < -0.39 is 0 Å². The third-order valence-corrected chi connectivity index (χ3v) is 3.07. The lowest BCUT2D eigenvalue weighted by Crippen LogP contribution is -2.25. The Hall–Kier alpha value is -1.09. The summed E-state index contributed by atoms with van der Waals surface area (Å²) in [5.74, 6) is 0. The molecule has 1 aromatic heterocycles. The van der Waals surface area contributed by atoms with Crippen molar-refractivity contribution in [2.45, 2.75) is 39.2 Å². The first-order chi connectivity index (χ1) is 7.44. The molecule has 0 radical (unpaired) electrons. The molecule has 1 aliphatic rings. The van der Waals surface area contributed by atoms with Gasteiger partial charge in [0.15, 0.2) is 0 Å². The van der Waals surface area contributed by atoms with Crippen LogP contribution in [-0.4, -0.2) is 21.0 Å². The summed E-state index contributed by atoms with van der Waals surface area (Å²) in [6.07, 6.45) is 6.45. The Labute approximate surface area is 96.8 Å². The van der Waals surface area contributed by atoms with E-state index in [1.165, 1.54) is 5.57 Å². The van der Waals surface area contributed by atoms with Crippen molar-refractivity contribution in [1.82, 2.24) is 9.78 Å². The third-order valence-electron chi connectivity index (χ3n) is 3.07. The number of aromatic nitrogens is 2. The molecule has 0 amide bonds. The number of aliphatic hydroxyl groups is 1. The van der Waals surface area contributed by atoms with Gasteiger partial charge in [-0.1, -0.05) is 25.5 Å². The van der Waals surface area contributed by atoms with Crippen LogP contribution in [0.4, 0.5) is 0 Å². The quantitative estimate of drug-likeness (QED) is 0.775. The SMILES string of the molecule is Cn1ccc(CC2=CC(O)CC(C)(C)C2)n1. The molecular weight excluding hydrogens is 200 g/mol. The van der Waals surface area contributed by atoms with Crippen molar-refractivity contribution in [3.63, 3.8) is 0 Å². The highest BCUT2D eigenvalue weighted by Gasteiger charge is 2.27. The molecule has 0 fully saturated rings. The molecule has 2 rings (SSSR count). The average Bonchev–Trinajstić information content (AvgIpc) is 2.46. The van der Waals surface area contributed by atoms with Gasteiger partial charge in [-0.05, 0) is 24.3 Å². The summed E-state index contributed by atoms with van der Waals surface area (Å²) >= 11 is 0. The molecule has 1 aliphatic carbocycles. The first-order valence-electron chi connectivity index (χ1n) is 5.81. The van der Waals surface area contributed by atoms with Crippen LogP contribution in [0, 0.1) is 5.41 Å². The molecule has 0 bridgehead atoms. The Kier molecular flexibility index (Phi) is 2.89. The van der Waals surface area contributed by atoms with Crippen molar-refractivity contribution in [2.75, 3.05) is 0 Å². The van der Waals surface area contributed by atoms with Crippen LogP contribution >= 0.6 is 0 Å². The Balaban J connectivity index is 2.10. The zero-order chi connectivity index (χ0) is 11.8. The fourth-order valence-electron chi connectivity index (χ4n) is 2.55. The summed E-state index contributed by atoms with van der Waals surface area (Å²) in [4.78, 5) is 0. The van der Waals surface area contributed by atoms with Gasteiger partial charge in [0.2, 0.25) is 0 Å². The van der Waals surface area contributed by atoms with Crippen LogP contribution in [0.3, 0.4) is 0 Å². The van der Waals surface area contributed by atoms with Gasteiger partial charge in [-0.15, -0.1) is 0 Å². The molecule has 1 aromatic rings. The van der Waals surface area contributed by atoms with E-state index in [2.05, 4.69) is 18.9 Å². The number of hydrogen-bond acceptors (Lipinski definition) is 2. The molecular formula is C13H20N2O. The zero-order valence-corrected chi connectivity index (χ0v) is 10.3. The maximum Gasteiger partial charge on any atom is 0.0728 e. The van der Waals surface area contributed by atoms with Crippen molar-refractivity contribution in [3.8, 4) is 0 Å². The van der Waals surface area contributed by atoms with Gasteiger partial charge in [-0.2, -0.15) is 5.10 Å². The minimum absolute atomic E-state index is 0.207. The zero-order valence-electron chi connectivity index (χ0n) is 10.3. The molecule has 1 unspecified atom stereocenters. The predicted molar refractivity (Wildman–Crippen MR) is 64.0 cm³/mol. The fourth-order valence-corrected chi connectivity index (χ4v) is 2.55. The van der Waals surface area contributed by atoms with Crippen LogP contribution in [-0.2, 0) is 13.5 Å². The van der Waals surface area contributed by atoms with Gasteiger partial charge in [-0.25, -0.2) is 0 Å². The van der Waals surface area contributed by atoms with Crippen LogP contribution in [0.5, 0.6) is 0 Å². The first kappa shape index (κ1) is 11.4. The lowest BCUT2D eigenvalue weighted by Gasteiger charge is -2.32. The standard InChI is InChI=1S/C13H20N2O/c1-13(2)8-10(7-12(16)9-13)6-11-4-5-15(3)14-11/h4-5,7,12,16H,6,8-9H2,1-3H3. The van der Waals surface area contributed by atoms with Crippen molar-refractivity contribution in [3.05, 3.63) is 29.6 Å². The van der Waals surface area contributed by atoms with Gasteiger partial charge in [0.1, 0.15) is 0 Å². The van der Waals surface area contributed by atoms with Gasteiger partial charge in [0, 0.05) is 19.7 Å². The maximum atomic E-state index is 9.80. The van der Waals surface area contributed by atoms with E-state index in [0.717, 1.165) is 25.0 Å². The molecule has 0 spiro atoms. The predicted octanol–water partition coefficient (Wildman–Crippen LogP) is 2.07. The minimum Gasteiger partial charge on any atom is -0.389 e. The molecule has 0 saturated carbocycles. The lowest BCUT2D eigenvalue weighted by molar-refractivity contribution is 0.138. The van der Waals surface area contributed by atoms with E-state index >= 15 is 0 Å². The number of aryl methyl sites for hydroxylation is 1. The van der Waals surface area contributed by atoms with E-state index in [-0.39, 0.29) is 11.5 Å². The Bertz CT molecular complexity index is 404. The van der Waals surface area contributed by atoms with Gasteiger partial charge in [0.25, 0.3) is 0 Å². The van der Waals surface area contributed by atoms with Crippen molar-refractivity contribution >= 4 is 0 Å². The summed E-state index contributed by atoms with van der Waals surface area (Å²) in [5.41, 5.74) is 2.60. The number of aliphatic hydroxyl groups excluding tert-OH is 1. The second-order valence-electron chi connectivity index (χ2n) is 5.59. The highest BCUT2D eigenvalue weighted by molar-refractivity contribution is 5.19. The summed E-state index contributed by atoms with van der Waals surface area (Å²) < 4.78 is 1.82. The number of nitrogens with zero attached hydrogens (tertiary/aromatic N) is 2. The fraction of sp³-hybridized carbons (Fsp3) is 0.615. The Morgan fingerprint density at radius 3 is 2.88 bits per heavy atom. The molecule has 1 N–H and O–H groups in total. The van der Waals surface area contributed by atoms with Gasteiger partial charge < -0.3 is 5.11 Å². The van der Waals surface area contributed by atoms with Crippen LogP contribution in [0.2, 0.25) is 0 Å². The third kappa shape index (κ3) is 2.73. The van der Waals surface area contributed by atoms with E-state index in [4.69, 9.17) is 0 Å². The summed E-state index contributed by atoms with van der Waals surface area (Å²) in [6.45, 7) is 4.42. The normalized spacial score (nSPS) is 24.2. The highest BCUT2D eigenvalue weighted by Crippen LogP contribution is 2.36. The topological polar surface area (TPSA) is 38.0 Å². The van der Waals surface area contributed by atoms with Crippen molar-refractivity contribution in [1.29, 1.82) is 0 Å². The number of hydrogen-bond donors (Lipinski definition) is 1. The molecule has 0 aromatic carbocycles. The van der Waals surface area contributed by atoms with Crippen LogP contribution < -0.4 is 0 Å². The lowest BCUT2D eigenvalue weighted by atomic mass is 9.75. The second kappa shape index (κ2) is 4.06. The van der Waals surface area contributed by atoms with Gasteiger partial charge in [0.05, 0.1) is 11.8 Å². The van der Waals surface area contributed by atoms with E-state index in [9.17, 15) is 5.11 Å². The smallest absolute Gasteiger partial charge is 0.0728 e. The molecule has 88 valence electrons. The first-order valence-corrected chi connectivity index (χ1v) is 5.81. The highest BCUT2D eigenvalue weighted by atomic mass is 16.3. The molecule has 3 nitrogen and oxygen atoms in total. The minimum atomic E-state index is -0.289. The second-order valence-corrected chi connectivity index (χ2v) is 5.59. The van der Waals surface area contributed by atoms with Crippen LogP contribution in [0.1, 0.15) is 32.4 Å². The summed E-state index contributed by atoms with van der Waals surface area (Å²) in [6, 6.07) is 2.04. The molecule has 0 saturated heterocycles. The molecule has 0 aliphatic heterocycles. The summed E-state index contributed by atoms with van der Waals surface area (Å²) in [7, 11) is 1.93. The molecule has 1 heterocycles. The monoisotopic (exact) mass is 220 g/mol. The van der Waals surface area contributed by atoms with E-state index in [0.29, 0.717) is 0 Å².